The van der Waals surface area contributed by atoms with Crippen molar-refractivity contribution in [3.8, 4) is 0 Å². The molecule has 0 aliphatic rings. The molecule has 0 aromatic heterocycles. The number of nitrogens with two attached hydrogens (primary N) is 1. The van der Waals surface area contributed by atoms with E-state index in [0.29, 0.717) is 29.4 Å². The number of amides is 1. The minimum atomic E-state index is 0. The van der Waals surface area contributed by atoms with Gasteiger partial charge in [-0.05, 0) is 31.0 Å². The van der Waals surface area contributed by atoms with E-state index in [1.54, 1.807) is 24.1 Å². The molecule has 1 rings (SSSR count). The van der Waals surface area contributed by atoms with Gasteiger partial charge in [0.2, 0.25) is 5.91 Å². The highest BCUT2D eigenvalue weighted by Gasteiger charge is 2.14. The van der Waals surface area contributed by atoms with E-state index in [1.165, 1.54) is 0 Å². The molecule has 3 nitrogen and oxygen atoms in total. The predicted octanol–water partition coefficient (Wildman–Crippen LogP) is 3.15. The largest absolute Gasteiger partial charge is 0.342 e. The Bertz CT molecular complexity index is 426. The number of carbonyl (C=O) groups excluding carboxylic acids is 1. The van der Waals surface area contributed by atoms with Gasteiger partial charge in [-0.25, -0.2) is 0 Å². The molecule has 1 amide bonds. The number of hydrogen-bond acceptors (Lipinski definition) is 2. The number of rotatable bonds is 5. The van der Waals surface area contributed by atoms with Crippen LogP contribution < -0.4 is 5.73 Å². The van der Waals surface area contributed by atoms with Crippen molar-refractivity contribution in [3.63, 3.8) is 0 Å². The number of hydrogen-bond donors (Lipinski definition) is 1. The highest BCUT2D eigenvalue weighted by molar-refractivity contribution is 6.35. The van der Waals surface area contributed by atoms with Gasteiger partial charge in [0.1, 0.15) is 0 Å². The minimum absolute atomic E-state index is 0. The Kier molecular flexibility index (Phi) is 8.42. The van der Waals surface area contributed by atoms with Crippen molar-refractivity contribution in [2.75, 3.05) is 13.6 Å². The van der Waals surface area contributed by atoms with Crippen LogP contribution >= 0.6 is 35.6 Å². The molecule has 6 heteroatoms. The molecule has 19 heavy (non-hydrogen) atoms. The molecule has 1 unspecified atom stereocenters. The second-order valence-corrected chi connectivity index (χ2v) is 5.17. The average Bonchev–Trinajstić information content (AvgIpc) is 2.35. The van der Waals surface area contributed by atoms with Crippen molar-refractivity contribution in [3.05, 3.63) is 33.8 Å². The first-order chi connectivity index (χ1) is 8.45. The van der Waals surface area contributed by atoms with Crippen LogP contribution in [0, 0.1) is 0 Å². The van der Waals surface area contributed by atoms with Crippen LogP contribution in [0.4, 0.5) is 0 Å². The highest BCUT2D eigenvalue weighted by atomic mass is 35.5. The Balaban J connectivity index is 0.00000324. The summed E-state index contributed by atoms with van der Waals surface area (Å²) < 4.78 is 0. The summed E-state index contributed by atoms with van der Waals surface area (Å²) in [6, 6.07) is 5.37. The Morgan fingerprint density at radius 2 is 2.05 bits per heavy atom. The molecule has 0 aliphatic carbocycles. The van der Waals surface area contributed by atoms with Gasteiger partial charge in [-0.15, -0.1) is 12.4 Å². The molecule has 0 radical (unpaired) electrons. The fourth-order valence-corrected chi connectivity index (χ4v) is 2.05. The highest BCUT2D eigenvalue weighted by Crippen LogP contribution is 2.22. The van der Waals surface area contributed by atoms with E-state index in [2.05, 4.69) is 0 Å². The molecule has 2 N–H and O–H groups in total. The maximum atomic E-state index is 11.9. The number of nitrogens with zero attached hydrogens (tertiary/aromatic N) is 1. The van der Waals surface area contributed by atoms with Gasteiger partial charge in [-0.1, -0.05) is 29.3 Å². The van der Waals surface area contributed by atoms with Gasteiger partial charge in [-0.3, -0.25) is 4.79 Å². The first-order valence-electron chi connectivity index (χ1n) is 5.85. The molecular formula is C13H19Cl3N2O. The van der Waals surface area contributed by atoms with E-state index in [-0.39, 0.29) is 24.4 Å². The SMILES string of the molecule is CC(CN)N(C)C(=O)CCc1ccc(Cl)cc1Cl.Cl. The van der Waals surface area contributed by atoms with Gasteiger partial charge in [0.05, 0.1) is 0 Å². The topological polar surface area (TPSA) is 46.3 Å². The summed E-state index contributed by atoms with van der Waals surface area (Å²) in [5.74, 6) is 0.0685. The Labute approximate surface area is 130 Å². The summed E-state index contributed by atoms with van der Waals surface area (Å²) in [6.45, 7) is 2.39. The van der Waals surface area contributed by atoms with Crippen LogP contribution in [0.3, 0.4) is 0 Å². The molecule has 1 aromatic carbocycles. The number of aryl methyl sites for hydroxylation is 1. The van der Waals surface area contributed by atoms with E-state index >= 15 is 0 Å². The first kappa shape index (κ1) is 18.5. The van der Waals surface area contributed by atoms with Gasteiger partial charge in [-0.2, -0.15) is 0 Å². The quantitative estimate of drug-likeness (QED) is 0.904. The summed E-state index contributed by atoms with van der Waals surface area (Å²) in [6.07, 6.45) is 1.03. The van der Waals surface area contributed by atoms with Crippen LogP contribution in [0.5, 0.6) is 0 Å². The van der Waals surface area contributed by atoms with E-state index in [4.69, 9.17) is 28.9 Å². The van der Waals surface area contributed by atoms with Crippen molar-refractivity contribution in [1.82, 2.24) is 4.90 Å². The predicted molar refractivity (Wildman–Crippen MR) is 83.3 cm³/mol. The average molecular weight is 326 g/mol. The Hall–Kier alpha value is -0.480. The van der Waals surface area contributed by atoms with Crippen molar-refractivity contribution in [1.29, 1.82) is 0 Å². The molecule has 1 atom stereocenters. The van der Waals surface area contributed by atoms with Gasteiger partial charge in [0.15, 0.2) is 0 Å². The molecule has 0 spiro atoms. The molecule has 1 aromatic rings. The minimum Gasteiger partial charge on any atom is -0.342 e. The Morgan fingerprint density at radius 3 is 2.58 bits per heavy atom. The lowest BCUT2D eigenvalue weighted by Gasteiger charge is -2.23. The molecular weight excluding hydrogens is 307 g/mol. The smallest absolute Gasteiger partial charge is 0.222 e. The molecule has 0 aliphatic heterocycles. The van der Waals surface area contributed by atoms with Crippen molar-refractivity contribution in [2.45, 2.75) is 25.8 Å². The second kappa shape index (κ2) is 8.64. The van der Waals surface area contributed by atoms with Crippen LogP contribution in [0.1, 0.15) is 18.9 Å². The third-order valence-electron chi connectivity index (χ3n) is 3.02. The number of benzene rings is 1. The maximum Gasteiger partial charge on any atom is 0.222 e. The molecule has 0 saturated heterocycles. The molecule has 0 bridgehead atoms. The van der Waals surface area contributed by atoms with Crippen LogP contribution in [-0.2, 0) is 11.2 Å². The molecule has 0 fully saturated rings. The monoisotopic (exact) mass is 324 g/mol. The Morgan fingerprint density at radius 1 is 1.42 bits per heavy atom. The van der Waals surface area contributed by atoms with Gasteiger partial charge in [0.25, 0.3) is 0 Å². The van der Waals surface area contributed by atoms with E-state index in [1.807, 2.05) is 13.0 Å². The van der Waals surface area contributed by atoms with Crippen molar-refractivity contribution < 1.29 is 4.79 Å². The molecule has 108 valence electrons. The third kappa shape index (κ3) is 5.57. The third-order valence-corrected chi connectivity index (χ3v) is 3.61. The standard InChI is InChI=1S/C13H18Cl2N2O.ClH/c1-9(8-16)17(2)13(18)6-4-10-3-5-11(14)7-12(10)15;/h3,5,7,9H,4,6,8,16H2,1-2H3;1H. The van der Waals surface area contributed by atoms with E-state index in [9.17, 15) is 4.79 Å². The van der Waals surface area contributed by atoms with Gasteiger partial charge in [0, 0.05) is 36.1 Å². The lowest BCUT2D eigenvalue weighted by molar-refractivity contribution is -0.131. The summed E-state index contributed by atoms with van der Waals surface area (Å²) in [5, 5.41) is 1.20. The van der Waals surface area contributed by atoms with Crippen LogP contribution in [0.2, 0.25) is 10.0 Å². The first-order valence-corrected chi connectivity index (χ1v) is 6.61. The normalized spacial score (nSPS) is 11.6. The molecule has 0 saturated carbocycles. The van der Waals surface area contributed by atoms with Crippen LogP contribution in [0.15, 0.2) is 18.2 Å². The van der Waals surface area contributed by atoms with Crippen LogP contribution in [-0.4, -0.2) is 30.4 Å². The van der Waals surface area contributed by atoms with Gasteiger partial charge < -0.3 is 10.6 Å². The van der Waals surface area contributed by atoms with Gasteiger partial charge >= 0.3 is 0 Å². The van der Waals surface area contributed by atoms with E-state index in [0.717, 1.165) is 5.56 Å². The zero-order valence-electron chi connectivity index (χ0n) is 11.0. The summed E-state index contributed by atoms with van der Waals surface area (Å²) in [7, 11) is 1.77. The van der Waals surface area contributed by atoms with Crippen molar-refractivity contribution in [2.24, 2.45) is 5.73 Å². The van der Waals surface area contributed by atoms with Crippen LogP contribution in [0.25, 0.3) is 0 Å². The van der Waals surface area contributed by atoms with Crippen molar-refractivity contribution >= 4 is 41.5 Å². The lowest BCUT2D eigenvalue weighted by Crippen LogP contribution is -2.39. The second-order valence-electron chi connectivity index (χ2n) is 4.33. The summed E-state index contributed by atoms with van der Waals surface area (Å²) in [4.78, 5) is 13.6. The molecule has 0 heterocycles. The lowest BCUT2D eigenvalue weighted by atomic mass is 10.1. The zero-order chi connectivity index (χ0) is 13.7. The summed E-state index contributed by atoms with van der Waals surface area (Å²) >= 11 is 11.9. The number of likely N-dealkylation sites (N-methyl/N-ethyl adjacent to an activating group) is 1. The fraction of sp³-hybridized carbons (Fsp3) is 0.462. The summed E-state index contributed by atoms with van der Waals surface area (Å²) in [5.41, 5.74) is 6.46. The maximum absolute atomic E-state index is 11.9. The fourth-order valence-electron chi connectivity index (χ4n) is 1.55. The van der Waals surface area contributed by atoms with E-state index < -0.39 is 0 Å². The zero-order valence-corrected chi connectivity index (χ0v) is 13.4. The number of carbonyl (C=O) groups is 1. The number of halogens is 3.